The van der Waals surface area contributed by atoms with Gasteiger partial charge in [0.05, 0.1) is 11.8 Å². The Labute approximate surface area is 141 Å². The van der Waals surface area contributed by atoms with E-state index in [4.69, 9.17) is 16.9 Å². The van der Waals surface area contributed by atoms with Crippen molar-refractivity contribution in [3.8, 4) is 6.07 Å². The molecule has 1 saturated heterocycles. The minimum absolute atomic E-state index is 0.0618. The molecule has 0 aliphatic carbocycles. The molecule has 1 aliphatic rings. The van der Waals surface area contributed by atoms with Crippen LogP contribution >= 0.6 is 23.4 Å². The second-order valence-electron chi connectivity index (χ2n) is 5.21. The monoisotopic (exact) mass is 337 g/mol. The molecule has 0 aromatic heterocycles. The molecule has 2 rings (SSSR count). The number of nitriles is 1. The molecule has 0 unspecified atom stereocenters. The van der Waals surface area contributed by atoms with E-state index in [2.05, 4.69) is 11.0 Å². The third kappa shape index (κ3) is 5.20. The molecule has 1 aliphatic heterocycles. The van der Waals surface area contributed by atoms with Gasteiger partial charge in [-0.05, 0) is 36.9 Å². The second kappa shape index (κ2) is 9.04. The van der Waals surface area contributed by atoms with Crippen molar-refractivity contribution in [1.82, 2.24) is 9.80 Å². The fourth-order valence-electron chi connectivity index (χ4n) is 2.49. The summed E-state index contributed by atoms with van der Waals surface area (Å²) in [5.74, 6) is 1.66. The van der Waals surface area contributed by atoms with E-state index >= 15 is 0 Å². The Morgan fingerprint density at radius 1 is 1.32 bits per heavy atom. The Bertz CT molecular complexity index is 538. The van der Waals surface area contributed by atoms with Gasteiger partial charge in [-0.25, -0.2) is 0 Å². The molecule has 0 saturated carbocycles. The highest BCUT2D eigenvalue weighted by molar-refractivity contribution is 7.99. The first-order valence-corrected chi connectivity index (χ1v) is 8.96. The lowest BCUT2D eigenvalue weighted by molar-refractivity contribution is 0.0638. The number of carbonyl (C=O) groups is 1. The predicted molar refractivity (Wildman–Crippen MR) is 91.4 cm³/mol. The summed E-state index contributed by atoms with van der Waals surface area (Å²) in [4.78, 5) is 16.7. The van der Waals surface area contributed by atoms with Crippen LogP contribution in [0.25, 0.3) is 0 Å². The maximum Gasteiger partial charge on any atom is 0.253 e. The van der Waals surface area contributed by atoms with Crippen LogP contribution in [-0.2, 0) is 0 Å². The Morgan fingerprint density at radius 3 is 2.77 bits per heavy atom. The molecule has 1 aromatic rings. The van der Waals surface area contributed by atoms with Gasteiger partial charge in [-0.3, -0.25) is 9.69 Å². The molecule has 1 amide bonds. The third-order valence-electron chi connectivity index (χ3n) is 3.66. The molecule has 1 aromatic carbocycles. The summed E-state index contributed by atoms with van der Waals surface area (Å²) in [6.07, 6.45) is 1.09. The highest BCUT2D eigenvalue weighted by atomic mass is 35.5. The lowest BCUT2D eigenvalue weighted by atomic mass is 10.2. The molecule has 118 valence electrons. The SMILES string of the molecule is N#CCSCCCN1CCN(C(=O)c2cccc(Cl)c2)CC1. The molecule has 0 atom stereocenters. The van der Waals surface area contributed by atoms with Gasteiger partial charge in [-0.15, -0.1) is 11.8 Å². The zero-order valence-corrected chi connectivity index (χ0v) is 14.1. The van der Waals surface area contributed by atoms with Gasteiger partial charge in [0.1, 0.15) is 0 Å². The molecule has 0 N–H and O–H groups in total. The van der Waals surface area contributed by atoms with Crippen LogP contribution in [0.5, 0.6) is 0 Å². The standard InChI is InChI=1S/C16H20ClN3OS/c17-15-4-1-3-14(13-15)16(21)20-9-7-19(8-10-20)6-2-11-22-12-5-18/h1,3-4,13H,2,6-12H2. The number of halogens is 1. The number of benzene rings is 1. The molecular formula is C16H20ClN3OS. The number of carbonyl (C=O) groups excluding carboxylic acids is 1. The first-order valence-electron chi connectivity index (χ1n) is 7.42. The number of amides is 1. The summed E-state index contributed by atoms with van der Waals surface area (Å²) in [6, 6.07) is 9.27. The van der Waals surface area contributed by atoms with Crippen molar-refractivity contribution in [3.05, 3.63) is 34.9 Å². The molecule has 1 heterocycles. The van der Waals surface area contributed by atoms with Gasteiger partial charge in [0.25, 0.3) is 5.91 Å². The average Bonchev–Trinajstić information content (AvgIpc) is 2.54. The largest absolute Gasteiger partial charge is 0.336 e. The summed E-state index contributed by atoms with van der Waals surface area (Å²) < 4.78 is 0. The van der Waals surface area contributed by atoms with Crippen LogP contribution in [0.15, 0.2) is 24.3 Å². The van der Waals surface area contributed by atoms with Crippen molar-refractivity contribution in [2.24, 2.45) is 0 Å². The number of rotatable bonds is 6. The molecule has 0 radical (unpaired) electrons. The summed E-state index contributed by atoms with van der Waals surface area (Å²) in [7, 11) is 0. The van der Waals surface area contributed by atoms with E-state index in [1.807, 2.05) is 17.0 Å². The third-order valence-corrected chi connectivity index (χ3v) is 4.81. The normalized spacial score (nSPS) is 15.5. The van der Waals surface area contributed by atoms with E-state index in [1.54, 1.807) is 23.9 Å². The van der Waals surface area contributed by atoms with E-state index in [-0.39, 0.29) is 5.91 Å². The highest BCUT2D eigenvalue weighted by Gasteiger charge is 2.21. The fraction of sp³-hybridized carbons (Fsp3) is 0.500. The van der Waals surface area contributed by atoms with Crippen molar-refractivity contribution < 1.29 is 4.79 Å². The van der Waals surface area contributed by atoms with Crippen molar-refractivity contribution >= 4 is 29.3 Å². The maximum absolute atomic E-state index is 12.4. The topological polar surface area (TPSA) is 47.3 Å². The van der Waals surface area contributed by atoms with Crippen LogP contribution in [0.4, 0.5) is 0 Å². The summed E-state index contributed by atoms with van der Waals surface area (Å²) in [5.41, 5.74) is 0.661. The zero-order chi connectivity index (χ0) is 15.8. The summed E-state index contributed by atoms with van der Waals surface area (Å²) >= 11 is 7.62. The van der Waals surface area contributed by atoms with Crippen molar-refractivity contribution in [1.29, 1.82) is 5.26 Å². The molecular weight excluding hydrogens is 318 g/mol. The second-order valence-corrected chi connectivity index (χ2v) is 6.75. The Morgan fingerprint density at radius 2 is 2.09 bits per heavy atom. The van der Waals surface area contributed by atoms with Gasteiger partial charge >= 0.3 is 0 Å². The van der Waals surface area contributed by atoms with Gasteiger partial charge in [0.15, 0.2) is 0 Å². The molecule has 22 heavy (non-hydrogen) atoms. The Balaban J connectivity index is 1.73. The van der Waals surface area contributed by atoms with E-state index < -0.39 is 0 Å². The Kier molecular flexibility index (Phi) is 7.04. The number of hydrogen-bond donors (Lipinski definition) is 0. The van der Waals surface area contributed by atoms with Crippen LogP contribution in [0, 0.1) is 11.3 Å². The molecule has 6 heteroatoms. The quantitative estimate of drug-likeness (QED) is 0.749. The van der Waals surface area contributed by atoms with Crippen LogP contribution in [0.3, 0.4) is 0 Å². The van der Waals surface area contributed by atoms with E-state index in [0.717, 1.165) is 44.9 Å². The first kappa shape index (κ1) is 17.1. The van der Waals surface area contributed by atoms with Gasteiger partial charge in [-0.2, -0.15) is 5.26 Å². The minimum Gasteiger partial charge on any atom is -0.336 e. The van der Waals surface area contributed by atoms with Crippen molar-refractivity contribution in [2.75, 3.05) is 44.2 Å². The zero-order valence-electron chi connectivity index (χ0n) is 12.5. The van der Waals surface area contributed by atoms with Gasteiger partial charge in [0.2, 0.25) is 0 Å². The van der Waals surface area contributed by atoms with Crippen molar-refractivity contribution in [2.45, 2.75) is 6.42 Å². The number of hydrogen-bond acceptors (Lipinski definition) is 4. The fourth-order valence-corrected chi connectivity index (χ4v) is 3.25. The van der Waals surface area contributed by atoms with Crippen LogP contribution in [0.1, 0.15) is 16.8 Å². The number of thioether (sulfide) groups is 1. The predicted octanol–water partition coefficient (Wildman–Crippen LogP) is 2.74. The molecule has 4 nitrogen and oxygen atoms in total. The van der Waals surface area contributed by atoms with Crippen molar-refractivity contribution in [3.63, 3.8) is 0 Å². The van der Waals surface area contributed by atoms with E-state index in [0.29, 0.717) is 16.3 Å². The molecule has 0 spiro atoms. The molecule has 1 fully saturated rings. The number of piperazine rings is 1. The van der Waals surface area contributed by atoms with Crippen LogP contribution < -0.4 is 0 Å². The Hall–Kier alpha value is -1.22. The smallest absolute Gasteiger partial charge is 0.253 e. The first-order chi connectivity index (χ1) is 10.7. The van der Waals surface area contributed by atoms with Gasteiger partial charge < -0.3 is 4.90 Å². The van der Waals surface area contributed by atoms with E-state index in [1.165, 1.54) is 0 Å². The minimum atomic E-state index is 0.0618. The van der Waals surface area contributed by atoms with Crippen LogP contribution in [0.2, 0.25) is 5.02 Å². The summed E-state index contributed by atoms with van der Waals surface area (Å²) in [5, 5.41) is 9.08. The average molecular weight is 338 g/mol. The molecule has 0 bridgehead atoms. The highest BCUT2D eigenvalue weighted by Crippen LogP contribution is 2.14. The summed E-state index contributed by atoms with van der Waals surface area (Å²) in [6.45, 7) is 4.38. The van der Waals surface area contributed by atoms with Crippen LogP contribution in [-0.4, -0.2) is 59.9 Å². The number of nitrogens with zero attached hydrogens (tertiary/aromatic N) is 3. The lowest BCUT2D eigenvalue weighted by Crippen LogP contribution is -2.48. The van der Waals surface area contributed by atoms with Gasteiger partial charge in [0, 0.05) is 36.8 Å². The lowest BCUT2D eigenvalue weighted by Gasteiger charge is -2.34. The maximum atomic E-state index is 12.4. The van der Waals surface area contributed by atoms with E-state index in [9.17, 15) is 4.79 Å². The van der Waals surface area contributed by atoms with Gasteiger partial charge in [-0.1, -0.05) is 17.7 Å².